The predicted octanol–water partition coefficient (Wildman–Crippen LogP) is 5.39. The molecule has 0 aliphatic rings. The standard InChI is InChI=1S/C15H16ClFS/c1-4-12-5-6-13(18-12)14(16)11-7-9(2)15(17)10(3)8-11/h5-8,14H,4H2,1-3H3. The highest BCUT2D eigenvalue weighted by Gasteiger charge is 2.15. The summed E-state index contributed by atoms with van der Waals surface area (Å²) in [7, 11) is 0. The number of aryl methyl sites for hydroxylation is 3. The normalized spacial score (nSPS) is 12.7. The number of alkyl halides is 1. The van der Waals surface area contributed by atoms with Crippen molar-refractivity contribution in [1.29, 1.82) is 0 Å². The fourth-order valence-corrected chi connectivity index (χ4v) is 3.30. The lowest BCUT2D eigenvalue weighted by atomic mass is 10.0. The molecule has 2 aromatic rings. The molecule has 0 nitrogen and oxygen atoms in total. The monoisotopic (exact) mass is 282 g/mol. The highest BCUT2D eigenvalue weighted by molar-refractivity contribution is 7.12. The van der Waals surface area contributed by atoms with Gasteiger partial charge in [0.05, 0.1) is 5.38 Å². The minimum Gasteiger partial charge on any atom is -0.206 e. The molecule has 0 bridgehead atoms. The highest BCUT2D eigenvalue weighted by Crippen LogP contribution is 2.35. The van der Waals surface area contributed by atoms with Crippen molar-refractivity contribution in [2.75, 3.05) is 0 Å². The number of rotatable bonds is 3. The lowest BCUT2D eigenvalue weighted by Gasteiger charge is -2.11. The van der Waals surface area contributed by atoms with Crippen LogP contribution in [-0.2, 0) is 6.42 Å². The van der Waals surface area contributed by atoms with Crippen LogP contribution in [0.5, 0.6) is 0 Å². The van der Waals surface area contributed by atoms with Crippen molar-refractivity contribution in [3.8, 4) is 0 Å². The van der Waals surface area contributed by atoms with Crippen molar-refractivity contribution in [2.24, 2.45) is 0 Å². The fraction of sp³-hybridized carbons (Fsp3) is 0.333. The van der Waals surface area contributed by atoms with E-state index in [0.29, 0.717) is 11.1 Å². The Bertz CT molecular complexity index is 536. The number of thiophene rings is 1. The average molecular weight is 283 g/mol. The van der Waals surface area contributed by atoms with E-state index in [0.717, 1.165) is 16.9 Å². The van der Waals surface area contributed by atoms with Crippen molar-refractivity contribution in [1.82, 2.24) is 0 Å². The van der Waals surface area contributed by atoms with Gasteiger partial charge in [0.1, 0.15) is 5.82 Å². The molecule has 0 aliphatic heterocycles. The zero-order valence-corrected chi connectivity index (χ0v) is 12.3. The van der Waals surface area contributed by atoms with E-state index in [2.05, 4.69) is 19.1 Å². The summed E-state index contributed by atoms with van der Waals surface area (Å²) in [6.07, 6.45) is 1.02. The summed E-state index contributed by atoms with van der Waals surface area (Å²) in [6, 6.07) is 7.85. The first-order valence-corrected chi connectivity index (χ1v) is 7.27. The van der Waals surface area contributed by atoms with Crippen LogP contribution in [0.1, 0.15) is 38.7 Å². The van der Waals surface area contributed by atoms with Crippen molar-refractivity contribution in [2.45, 2.75) is 32.6 Å². The molecule has 2 rings (SSSR count). The molecule has 96 valence electrons. The molecule has 18 heavy (non-hydrogen) atoms. The third kappa shape index (κ3) is 2.60. The van der Waals surface area contributed by atoms with Gasteiger partial charge in [0, 0.05) is 9.75 Å². The lowest BCUT2D eigenvalue weighted by Crippen LogP contribution is -1.96. The summed E-state index contributed by atoms with van der Waals surface area (Å²) in [4.78, 5) is 2.45. The molecule has 0 radical (unpaired) electrons. The molecule has 3 heteroatoms. The Morgan fingerprint density at radius 2 is 1.83 bits per heavy atom. The van der Waals surface area contributed by atoms with Crippen LogP contribution in [0.2, 0.25) is 0 Å². The molecule has 0 fully saturated rings. The van der Waals surface area contributed by atoms with Crippen molar-refractivity contribution >= 4 is 22.9 Å². The van der Waals surface area contributed by atoms with E-state index in [1.54, 1.807) is 25.2 Å². The summed E-state index contributed by atoms with van der Waals surface area (Å²) in [5.41, 5.74) is 2.28. The van der Waals surface area contributed by atoms with Crippen LogP contribution in [0.3, 0.4) is 0 Å². The first-order chi connectivity index (χ1) is 8.52. The van der Waals surface area contributed by atoms with Gasteiger partial charge < -0.3 is 0 Å². The van der Waals surface area contributed by atoms with Gasteiger partial charge in [0.15, 0.2) is 0 Å². The Morgan fingerprint density at radius 3 is 2.33 bits per heavy atom. The zero-order valence-electron chi connectivity index (χ0n) is 10.8. The molecule has 1 heterocycles. The maximum atomic E-state index is 13.6. The SMILES string of the molecule is CCc1ccc(C(Cl)c2cc(C)c(F)c(C)c2)s1. The molecule has 0 N–H and O–H groups in total. The van der Waals surface area contributed by atoms with Gasteiger partial charge in [0.2, 0.25) is 0 Å². The van der Waals surface area contributed by atoms with E-state index in [4.69, 9.17) is 11.6 Å². The van der Waals surface area contributed by atoms with Crippen LogP contribution in [0.15, 0.2) is 24.3 Å². The van der Waals surface area contributed by atoms with Gasteiger partial charge in [-0.3, -0.25) is 0 Å². The smallest absolute Gasteiger partial charge is 0.129 e. The summed E-state index contributed by atoms with van der Waals surface area (Å²) >= 11 is 8.21. The minimum atomic E-state index is -0.187. The molecule has 1 unspecified atom stereocenters. The van der Waals surface area contributed by atoms with Gasteiger partial charge in [-0.2, -0.15) is 0 Å². The van der Waals surface area contributed by atoms with Crippen LogP contribution in [0.4, 0.5) is 4.39 Å². The van der Waals surface area contributed by atoms with Gasteiger partial charge >= 0.3 is 0 Å². The number of hydrogen-bond acceptors (Lipinski definition) is 1. The molecule has 0 amide bonds. The summed E-state index contributed by atoms with van der Waals surface area (Å²) in [5.74, 6) is -0.136. The number of halogens is 2. The Morgan fingerprint density at radius 1 is 1.22 bits per heavy atom. The number of hydrogen-bond donors (Lipinski definition) is 0. The van der Waals surface area contributed by atoms with Gasteiger partial charge in [-0.15, -0.1) is 22.9 Å². The molecule has 0 saturated carbocycles. The van der Waals surface area contributed by atoms with E-state index < -0.39 is 0 Å². The topological polar surface area (TPSA) is 0 Å². The number of benzene rings is 1. The van der Waals surface area contributed by atoms with Crippen LogP contribution in [0.25, 0.3) is 0 Å². The molecule has 1 aromatic carbocycles. The summed E-state index contributed by atoms with van der Waals surface area (Å²) < 4.78 is 13.6. The second-order valence-corrected chi connectivity index (χ2v) is 6.13. The summed E-state index contributed by atoms with van der Waals surface area (Å²) in [6.45, 7) is 5.69. The third-order valence-corrected chi connectivity index (χ3v) is 4.94. The largest absolute Gasteiger partial charge is 0.206 e. The predicted molar refractivity (Wildman–Crippen MR) is 77.3 cm³/mol. The molecular formula is C15H16ClFS. The molecule has 0 spiro atoms. The highest BCUT2D eigenvalue weighted by atomic mass is 35.5. The lowest BCUT2D eigenvalue weighted by molar-refractivity contribution is 0.608. The first kappa shape index (κ1) is 13.6. The van der Waals surface area contributed by atoms with Crippen LogP contribution < -0.4 is 0 Å². The van der Waals surface area contributed by atoms with Gasteiger partial charge in [0.25, 0.3) is 0 Å². The van der Waals surface area contributed by atoms with Crippen LogP contribution in [-0.4, -0.2) is 0 Å². The molecular weight excluding hydrogens is 267 g/mol. The van der Waals surface area contributed by atoms with Crippen molar-refractivity contribution in [3.05, 3.63) is 56.5 Å². The van der Waals surface area contributed by atoms with Crippen molar-refractivity contribution < 1.29 is 4.39 Å². The molecule has 1 aromatic heterocycles. The third-order valence-electron chi connectivity index (χ3n) is 3.03. The maximum absolute atomic E-state index is 13.6. The van der Waals surface area contributed by atoms with E-state index in [9.17, 15) is 4.39 Å². The molecule has 0 aliphatic carbocycles. The second-order valence-electron chi connectivity index (χ2n) is 4.49. The maximum Gasteiger partial charge on any atom is 0.129 e. The summed E-state index contributed by atoms with van der Waals surface area (Å²) in [5, 5.41) is -0.187. The fourth-order valence-electron chi connectivity index (χ4n) is 2.01. The van der Waals surface area contributed by atoms with Crippen LogP contribution in [0, 0.1) is 19.7 Å². The van der Waals surface area contributed by atoms with Gasteiger partial charge in [-0.05, 0) is 49.1 Å². The second kappa shape index (κ2) is 5.41. The van der Waals surface area contributed by atoms with E-state index in [-0.39, 0.29) is 11.2 Å². The van der Waals surface area contributed by atoms with Gasteiger partial charge in [-0.1, -0.05) is 19.1 Å². The Kier molecular flexibility index (Phi) is 4.08. The Labute approximate surface area is 116 Å². The average Bonchev–Trinajstić information content (AvgIpc) is 2.83. The van der Waals surface area contributed by atoms with Gasteiger partial charge in [-0.25, -0.2) is 4.39 Å². The quantitative estimate of drug-likeness (QED) is 0.662. The van der Waals surface area contributed by atoms with E-state index in [1.165, 1.54) is 4.88 Å². The zero-order chi connectivity index (χ0) is 13.3. The minimum absolute atomic E-state index is 0.136. The van der Waals surface area contributed by atoms with Crippen molar-refractivity contribution in [3.63, 3.8) is 0 Å². The van der Waals surface area contributed by atoms with E-state index in [1.807, 2.05) is 12.1 Å². The molecule has 1 atom stereocenters. The van der Waals surface area contributed by atoms with E-state index >= 15 is 0 Å². The Hall–Kier alpha value is -0.860. The first-order valence-electron chi connectivity index (χ1n) is 6.02. The molecule has 0 saturated heterocycles. The Balaban J connectivity index is 2.36. The van der Waals surface area contributed by atoms with Crippen LogP contribution >= 0.6 is 22.9 Å².